The molecule has 8 heteroatoms. The molecule has 1 aromatic carbocycles. The lowest BCUT2D eigenvalue weighted by atomic mass is 9.49. The van der Waals surface area contributed by atoms with Gasteiger partial charge in [0.1, 0.15) is 12.6 Å². The number of hydrogen-bond acceptors (Lipinski definition) is 5. The Morgan fingerprint density at radius 3 is 2.19 bits per heavy atom. The maximum Gasteiger partial charge on any atom is 0.307 e. The normalized spacial score (nSPS) is 26.2. The van der Waals surface area contributed by atoms with Crippen molar-refractivity contribution in [2.45, 2.75) is 83.8 Å². The van der Waals surface area contributed by atoms with Gasteiger partial charge >= 0.3 is 5.97 Å². The molecule has 4 aliphatic rings. The molecule has 3 amide bonds. The summed E-state index contributed by atoms with van der Waals surface area (Å²) in [5.74, 6) is 1.22. The van der Waals surface area contributed by atoms with E-state index in [0.717, 1.165) is 31.2 Å². The minimum Gasteiger partial charge on any atom is -0.461 e. The van der Waals surface area contributed by atoms with Crippen molar-refractivity contribution in [2.24, 2.45) is 23.2 Å². The Morgan fingerprint density at radius 1 is 0.919 bits per heavy atom. The van der Waals surface area contributed by atoms with E-state index in [9.17, 15) is 19.2 Å². The van der Waals surface area contributed by atoms with Crippen LogP contribution in [0.5, 0.6) is 0 Å². The van der Waals surface area contributed by atoms with E-state index in [4.69, 9.17) is 4.74 Å². The van der Waals surface area contributed by atoms with Crippen LogP contribution in [0.3, 0.4) is 0 Å². The third-order valence-electron chi connectivity index (χ3n) is 8.31. The van der Waals surface area contributed by atoms with Crippen molar-refractivity contribution in [3.63, 3.8) is 0 Å². The van der Waals surface area contributed by atoms with Crippen molar-refractivity contribution in [3.05, 3.63) is 35.9 Å². The van der Waals surface area contributed by atoms with Crippen LogP contribution in [0.2, 0.25) is 0 Å². The Bertz CT molecular complexity index is 928. The minimum absolute atomic E-state index is 0.0240. The van der Waals surface area contributed by atoms with Crippen molar-refractivity contribution < 1.29 is 23.9 Å². The van der Waals surface area contributed by atoms with Crippen molar-refractivity contribution in [1.29, 1.82) is 0 Å². The van der Waals surface area contributed by atoms with Gasteiger partial charge in [-0.25, -0.2) is 0 Å². The minimum atomic E-state index is -0.654. The molecule has 1 aromatic rings. The van der Waals surface area contributed by atoms with Gasteiger partial charge in [-0.3, -0.25) is 19.2 Å². The number of esters is 1. The summed E-state index contributed by atoms with van der Waals surface area (Å²) >= 11 is 0. The Labute approximate surface area is 219 Å². The Kier molecular flexibility index (Phi) is 9.22. The fourth-order valence-corrected chi connectivity index (χ4v) is 6.93. The largest absolute Gasteiger partial charge is 0.461 e. The van der Waals surface area contributed by atoms with Gasteiger partial charge in [0.25, 0.3) is 0 Å². The summed E-state index contributed by atoms with van der Waals surface area (Å²) in [7, 11) is 0. The van der Waals surface area contributed by atoms with E-state index in [0.29, 0.717) is 37.1 Å². The summed E-state index contributed by atoms with van der Waals surface area (Å²) in [6.07, 6.45) is 8.54. The summed E-state index contributed by atoms with van der Waals surface area (Å²) in [6, 6.07) is 8.79. The molecule has 0 aromatic heterocycles. The zero-order valence-corrected chi connectivity index (χ0v) is 21.9. The van der Waals surface area contributed by atoms with Gasteiger partial charge in [0.05, 0.1) is 6.42 Å². The first-order chi connectivity index (χ1) is 17.8. The molecular formula is C29H41N3O5. The zero-order chi connectivity index (χ0) is 26.3. The van der Waals surface area contributed by atoms with Gasteiger partial charge in [-0.05, 0) is 81.1 Å². The lowest BCUT2D eigenvalue weighted by Gasteiger charge is -2.55. The van der Waals surface area contributed by atoms with Crippen molar-refractivity contribution in [1.82, 2.24) is 16.0 Å². The van der Waals surface area contributed by atoms with Gasteiger partial charge in [-0.1, -0.05) is 30.3 Å². The third-order valence-corrected chi connectivity index (χ3v) is 8.31. The van der Waals surface area contributed by atoms with E-state index in [1.54, 1.807) is 0 Å². The molecule has 0 heterocycles. The van der Waals surface area contributed by atoms with Gasteiger partial charge in [0.2, 0.25) is 17.7 Å². The van der Waals surface area contributed by atoms with Crippen molar-refractivity contribution in [3.8, 4) is 0 Å². The third kappa shape index (κ3) is 7.55. The van der Waals surface area contributed by atoms with E-state index in [1.165, 1.54) is 26.2 Å². The molecule has 4 aliphatic carbocycles. The van der Waals surface area contributed by atoms with Crippen LogP contribution in [0.4, 0.5) is 0 Å². The predicted molar refractivity (Wildman–Crippen MR) is 139 cm³/mol. The second kappa shape index (κ2) is 12.6. The molecule has 0 radical (unpaired) electrons. The molecule has 5 rings (SSSR count). The molecule has 202 valence electrons. The first-order valence-corrected chi connectivity index (χ1v) is 13.9. The van der Waals surface area contributed by atoms with E-state index in [-0.39, 0.29) is 48.7 Å². The van der Waals surface area contributed by atoms with Gasteiger partial charge in [0, 0.05) is 25.4 Å². The topological polar surface area (TPSA) is 114 Å². The second-order valence-electron chi connectivity index (χ2n) is 11.4. The number of carbonyl (C=O) groups is 4. The fraction of sp³-hybridized carbons (Fsp3) is 0.655. The summed E-state index contributed by atoms with van der Waals surface area (Å²) in [5.41, 5.74) is 0.580. The molecule has 3 N–H and O–H groups in total. The molecule has 8 nitrogen and oxygen atoms in total. The SMILES string of the molecule is CC(=O)NCCCC[C@H](NC(=O)C12CC3CC(CC(C3)C1)C2)C(=O)NCCC(=O)OCc1ccccc1. The number of hydrogen-bond donors (Lipinski definition) is 3. The maximum absolute atomic E-state index is 13.6. The number of nitrogens with one attached hydrogen (secondary N) is 3. The van der Waals surface area contributed by atoms with E-state index < -0.39 is 6.04 Å². The van der Waals surface area contributed by atoms with Crippen LogP contribution in [0.1, 0.15) is 76.7 Å². The number of unbranched alkanes of at least 4 members (excludes halogenated alkanes) is 1. The van der Waals surface area contributed by atoms with Gasteiger partial charge in [0.15, 0.2) is 0 Å². The molecule has 0 saturated heterocycles. The highest BCUT2D eigenvalue weighted by Gasteiger charge is 2.54. The van der Waals surface area contributed by atoms with Crippen LogP contribution >= 0.6 is 0 Å². The van der Waals surface area contributed by atoms with E-state index >= 15 is 0 Å². The van der Waals surface area contributed by atoms with Gasteiger partial charge in [-0.15, -0.1) is 0 Å². The van der Waals surface area contributed by atoms with Gasteiger partial charge in [-0.2, -0.15) is 0 Å². The molecule has 0 unspecified atom stereocenters. The summed E-state index contributed by atoms with van der Waals surface area (Å²) in [4.78, 5) is 49.9. The van der Waals surface area contributed by atoms with Crippen LogP contribution in [0.25, 0.3) is 0 Å². The number of rotatable bonds is 13. The number of ether oxygens (including phenoxy) is 1. The van der Waals surface area contributed by atoms with E-state index in [2.05, 4.69) is 16.0 Å². The number of amides is 3. The predicted octanol–water partition coefficient (Wildman–Crippen LogP) is 3.24. The first-order valence-electron chi connectivity index (χ1n) is 13.9. The van der Waals surface area contributed by atoms with E-state index in [1.807, 2.05) is 30.3 Å². The monoisotopic (exact) mass is 511 g/mol. The number of benzene rings is 1. The zero-order valence-electron chi connectivity index (χ0n) is 21.9. The molecule has 1 atom stereocenters. The lowest BCUT2D eigenvalue weighted by molar-refractivity contribution is -0.149. The quantitative estimate of drug-likeness (QED) is 0.278. The average molecular weight is 512 g/mol. The van der Waals surface area contributed by atoms with Crippen LogP contribution in [-0.4, -0.2) is 42.8 Å². The smallest absolute Gasteiger partial charge is 0.307 e. The second-order valence-corrected chi connectivity index (χ2v) is 11.4. The first kappa shape index (κ1) is 27.1. The van der Waals surface area contributed by atoms with Crippen LogP contribution in [0, 0.1) is 23.2 Å². The maximum atomic E-state index is 13.6. The van der Waals surface area contributed by atoms with Crippen molar-refractivity contribution in [2.75, 3.05) is 13.1 Å². The molecule has 4 bridgehead atoms. The lowest BCUT2D eigenvalue weighted by Crippen LogP contribution is -2.57. The molecule has 37 heavy (non-hydrogen) atoms. The molecule has 0 aliphatic heterocycles. The molecule has 4 fully saturated rings. The Balaban J connectivity index is 1.27. The van der Waals surface area contributed by atoms with Crippen molar-refractivity contribution >= 4 is 23.7 Å². The summed E-state index contributed by atoms with van der Waals surface area (Å²) in [6.45, 7) is 2.38. The summed E-state index contributed by atoms with van der Waals surface area (Å²) < 4.78 is 5.29. The Hall–Kier alpha value is -2.90. The summed E-state index contributed by atoms with van der Waals surface area (Å²) in [5, 5.41) is 8.70. The highest BCUT2D eigenvalue weighted by Crippen LogP contribution is 2.60. The number of carbonyl (C=O) groups excluding carboxylic acids is 4. The molecule has 0 spiro atoms. The molecule has 4 saturated carbocycles. The van der Waals surface area contributed by atoms with Crippen LogP contribution in [0.15, 0.2) is 30.3 Å². The highest BCUT2D eigenvalue weighted by atomic mass is 16.5. The van der Waals surface area contributed by atoms with Crippen LogP contribution < -0.4 is 16.0 Å². The fourth-order valence-electron chi connectivity index (χ4n) is 6.93. The average Bonchev–Trinajstić information content (AvgIpc) is 2.86. The van der Waals surface area contributed by atoms with Crippen LogP contribution in [-0.2, 0) is 30.5 Å². The van der Waals surface area contributed by atoms with Gasteiger partial charge < -0.3 is 20.7 Å². The molecular weight excluding hydrogens is 470 g/mol. The highest BCUT2D eigenvalue weighted by molar-refractivity contribution is 5.90. The Morgan fingerprint density at radius 2 is 1.57 bits per heavy atom. The standard InChI is InChI=1S/C29H41N3O5/c1-20(33)30-11-6-5-9-25(27(35)31-12-10-26(34)37-19-21-7-3-2-4-8-21)32-28(36)29-16-22-13-23(17-29)15-24(14-22)18-29/h2-4,7-8,22-25H,5-6,9-19H2,1H3,(H,30,33)(H,31,35)(H,32,36)/t22?,23?,24?,25-,29?/m0/s1.